The lowest BCUT2D eigenvalue weighted by Gasteiger charge is -2.16. The second-order valence-electron chi connectivity index (χ2n) is 5.37. The molecule has 0 saturated carbocycles. The predicted molar refractivity (Wildman–Crippen MR) is 107 cm³/mol. The lowest BCUT2D eigenvalue weighted by molar-refractivity contribution is 0.260. The van der Waals surface area contributed by atoms with Gasteiger partial charge in [-0.15, -0.1) is 0 Å². The van der Waals surface area contributed by atoms with E-state index in [1.807, 2.05) is 63.3 Å². The van der Waals surface area contributed by atoms with Crippen molar-refractivity contribution in [1.82, 2.24) is 0 Å². The van der Waals surface area contributed by atoms with Gasteiger partial charge in [-0.25, -0.2) is 0 Å². The van der Waals surface area contributed by atoms with Crippen LogP contribution < -0.4 is 18.9 Å². The molecule has 0 amide bonds. The van der Waals surface area contributed by atoms with Gasteiger partial charge in [0.05, 0.1) is 32.0 Å². The van der Waals surface area contributed by atoms with Crippen LogP contribution in [0.1, 0.15) is 31.9 Å². The summed E-state index contributed by atoms with van der Waals surface area (Å²) < 4.78 is 22.4. The first-order chi connectivity index (χ1) is 12.6. The Morgan fingerprint density at radius 3 is 1.85 bits per heavy atom. The Morgan fingerprint density at radius 1 is 0.769 bits per heavy atom. The highest BCUT2D eigenvalue weighted by Crippen LogP contribution is 2.39. The fourth-order valence-corrected chi connectivity index (χ4v) is 2.75. The minimum absolute atomic E-state index is 0.541. The van der Waals surface area contributed by atoms with Gasteiger partial charge in [-0.3, -0.25) is 0 Å². The summed E-state index contributed by atoms with van der Waals surface area (Å²) in [5.74, 6) is 2.64. The third-order valence-corrected chi connectivity index (χ3v) is 3.87. The van der Waals surface area contributed by atoms with Gasteiger partial charge in [0.25, 0.3) is 0 Å². The van der Waals surface area contributed by atoms with Crippen molar-refractivity contribution in [3.05, 3.63) is 46.5 Å². The van der Waals surface area contributed by atoms with Crippen molar-refractivity contribution in [2.45, 2.75) is 20.8 Å². The van der Waals surface area contributed by atoms with Gasteiger partial charge in [0, 0.05) is 0 Å². The molecule has 2 aromatic carbocycles. The molecule has 0 fully saturated rings. The van der Waals surface area contributed by atoms with Crippen LogP contribution in [-0.2, 0) is 0 Å². The predicted octanol–water partition coefficient (Wildman–Crippen LogP) is 5.72. The maximum absolute atomic E-state index is 6.18. The summed E-state index contributed by atoms with van der Waals surface area (Å²) in [5, 5.41) is 0.575. The Balaban J connectivity index is 2.37. The molecule has 2 aromatic rings. The second-order valence-corrected chi connectivity index (χ2v) is 5.78. The summed E-state index contributed by atoms with van der Waals surface area (Å²) >= 11 is 6.18. The molecule has 0 aliphatic heterocycles. The van der Waals surface area contributed by atoms with Crippen LogP contribution in [0.4, 0.5) is 0 Å². The first-order valence-electron chi connectivity index (χ1n) is 8.70. The maximum atomic E-state index is 6.18. The molecule has 5 heteroatoms. The van der Waals surface area contributed by atoms with Gasteiger partial charge < -0.3 is 18.9 Å². The highest BCUT2D eigenvalue weighted by atomic mass is 35.5. The van der Waals surface area contributed by atoms with E-state index in [1.165, 1.54) is 0 Å². The van der Waals surface area contributed by atoms with E-state index < -0.39 is 0 Å². The van der Waals surface area contributed by atoms with Crippen LogP contribution in [0.25, 0.3) is 12.2 Å². The van der Waals surface area contributed by atoms with Crippen molar-refractivity contribution >= 4 is 23.8 Å². The quantitative estimate of drug-likeness (QED) is 0.525. The van der Waals surface area contributed by atoms with E-state index in [-0.39, 0.29) is 0 Å². The van der Waals surface area contributed by atoms with E-state index in [4.69, 9.17) is 30.5 Å². The minimum atomic E-state index is 0.541. The number of halogens is 1. The molecule has 4 nitrogen and oxygen atoms in total. The SMILES string of the molecule is CCOc1cc(/C=C/c2ccc(OC)c(Cl)c2)cc(OCC)c1OCC. The average Bonchev–Trinajstić information content (AvgIpc) is 2.63. The monoisotopic (exact) mass is 376 g/mol. The first kappa shape index (κ1) is 20.0. The van der Waals surface area contributed by atoms with E-state index in [0.29, 0.717) is 47.8 Å². The summed E-state index contributed by atoms with van der Waals surface area (Å²) in [7, 11) is 1.60. The van der Waals surface area contributed by atoms with E-state index in [1.54, 1.807) is 7.11 Å². The van der Waals surface area contributed by atoms with Crippen molar-refractivity contribution in [3.63, 3.8) is 0 Å². The van der Waals surface area contributed by atoms with Gasteiger partial charge in [0.2, 0.25) is 5.75 Å². The fourth-order valence-electron chi connectivity index (χ4n) is 2.48. The highest BCUT2D eigenvalue weighted by molar-refractivity contribution is 6.32. The van der Waals surface area contributed by atoms with Crippen LogP contribution in [0.2, 0.25) is 5.02 Å². The third-order valence-electron chi connectivity index (χ3n) is 3.58. The van der Waals surface area contributed by atoms with Crippen molar-refractivity contribution in [2.24, 2.45) is 0 Å². The standard InChI is InChI=1S/C21H25ClO4/c1-5-24-19-13-16(14-20(25-6-2)21(19)26-7-3)9-8-15-10-11-18(23-4)17(22)12-15/h8-14H,5-7H2,1-4H3/b9-8+. The Labute approximate surface area is 160 Å². The van der Waals surface area contributed by atoms with Gasteiger partial charge >= 0.3 is 0 Å². The van der Waals surface area contributed by atoms with Crippen molar-refractivity contribution in [2.75, 3.05) is 26.9 Å². The van der Waals surface area contributed by atoms with Gasteiger partial charge in [-0.05, 0) is 56.2 Å². The van der Waals surface area contributed by atoms with Crippen molar-refractivity contribution < 1.29 is 18.9 Å². The molecule has 0 saturated heterocycles. The van der Waals surface area contributed by atoms with Crippen LogP contribution in [0.15, 0.2) is 30.3 Å². The number of methoxy groups -OCH3 is 1. The number of rotatable bonds is 9. The van der Waals surface area contributed by atoms with Crippen LogP contribution in [0.3, 0.4) is 0 Å². The smallest absolute Gasteiger partial charge is 0.203 e. The Morgan fingerprint density at radius 2 is 1.35 bits per heavy atom. The second kappa shape index (κ2) is 9.97. The molecule has 0 aliphatic carbocycles. The molecule has 0 atom stereocenters. The van der Waals surface area contributed by atoms with E-state index >= 15 is 0 Å². The number of ether oxygens (including phenoxy) is 4. The Hall–Kier alpha value is -2.33. The molecule has 0 spiro atoms. The zero-order chi connectivity index (χ0) is 18.9. The van der Waals surface area contributed by atoms with Crippen LogP contribution in [-0.4, -0.2) is 26.9 Å². The van der Waals surface area contributed by atoms with Crippen LogP contribution >= 0.6 is 11.6 Å². The molecule has 0 bridgehead atoms. The molecule has 2 rings (SSSR count). The first-order valence-corrected chi connectivity index (χ1v) is 9.08. The van der Waals surface area contributed by atoms with Gasteiger partial charge in [0.15, 0.2) is 11.5 Å². The molecular formula is C21H25ClO4. The van der Waals surface area contributed by atoms with Crippen molar-refractivity contribution in [1.29, 1.82) is 0 Å². The minimum Gasteiger partial charge on any atom is -0.495 e. The lowest BCUT2D eigenvalue weighted by Crippen LogP contribution is -2.02. The maximum Gasteiger partial charge on any atom is 0.203 e. The fraction of sp³-hybridized carbons (Fsp3) is 0.333. The number of benzene rings is 2. The van der Waals surface area contributed by atoms with Crippen molar-refractivity contribution in [3.8, 4) is 23.0 Å². The topological polar surface area (TPSA) is 36.9 Å². The molecule has 26 heavy (non-hydrogen) atoms. The molecule has 0 heterocycles. The average molecular weight is 377 g/mol. The molecule has 0 radical (unpaired) electrons. The third kappa shape index (κ3) is 5.09. The lowest BCUT2D eigenvalue weighted by atomic mass is 10.1. The van der Waals surface area contributed by atoms with Gasteiger partial charge in [-0.1, -0.05) is 29.8 Å². The molecule has 0 N–H and O–H groups in total. The molecule has 0 aliphatic rings. The number of hydrogen-bond donors (Lipinski definition) is 0. The van der Waals surface area contributed by atoms with Gasteiger partial charge in [-0.2, -0.15) is 0 Å². The summed E-state index contributed by atoms with van der Waals surface area (Å²) in [6.07, 6.45) is 3.96. The van der Waals surface area contributed by atoms with Gasteiger partial charge in [0.1, 0.15) is 5.75 Å². The van der Waals surface area contributed by atoms with E-state index in [9.17, 15) is 0 Å². The molecule has 0 aromatic heterocycles. The highest BCUT2D eigenvalue weighted by Gasteiger charge is 2.14. The summed E-state index contributed by atoms with van der Waals surface area (Å²) in [6.45, 7) is 7.46. The normalized spacial score (nSPS) is 10.8. The molecule has 140 valence electrons. The summed E-state index contributed by atoms with van der Waals surface area (Å²) in [6, 6.07) is 9.54. The summed E-state index contributed by atoms with van der Waals surface area (Å²) in [4.78, 5) is 0. The summed E-state index contributed by atoms with van der Waals surface area (Å²) in [5.41, 5.74) is 1.92. The van der Waals surface area contributed by atoms with Crippen LogP contribution in [0, 0.1) is 0 Å². The zero-order valence-electron chi connectivity index (χ0n) is 15.7. The zero-order valence-corrected chi connectivity index (χ0v) is 16.4. The largest absolute Gasteiger partial charge is 0.495 e. The number of hydrogen-bond acceptors (Lipinski definition) is 4. The Bertz CT molecular complexity index is 729. The Kier molecular flexibility index (Phi) is 7.67. The van der Waals surface area contributed by atoms with E-state index in [0.717, 1.165) is 11.1 Å². The van der Waals surface area contributed by atoms with E-state index in [2.05, 4.69) is 0 Å². The van der Waals surface area contributed by atoms with Crippen LogP contribution in [0.5, 0.6) is 23.0 Å². The molecular weight excluding hydrogens is 352 g/mol. The molecule has 0 unspecified atom stereocenters.